The van der Waals surface area contributed by atoms with Gasteiger partial charge in [-0.1, -0.05) is 239 Å². The van der Waals surface area contributed by atoms with Crippen molar-refractivity contribution in [1.82, 2.24) is 0 Å². The van der Waals surface area contributed by atoms with Gasteiger partial charge in [0, 0.05) is 5.90 Å². The molecule has 0 fully saturated rings. The van der Waals surface area contributed by atoms with Crippen LogP contribution < -0.4 is 21.2 Å². The molecular formula is C81H70P2. The molecule has 0 bridgehead atoms. The molecule has 0 spiro atoms. The molecule has 0 saturated heterocycles. The van der Waals surface area contributed by atoms with E-state index in [-0.39, 0.29) is 0 Å². The third kappa shape index (κ3) is 12.8. The van der Waals surface area contributed by atoms with Gasteiger partial charge >= 0.3 is 0 Å². The minimum Gasteiger partial charge on any atom is -0.0587 e. The lowest BCUT2D eigenvalue weighted by molar-refractivity contribution is 1.46. The van der Waals surface area contributed by atoms with Gasteiger partial charge in [-0.05, 0) is 254 Å². The third-order valence-corrected chi connectivity index (χ3v) is 22.1. The molecule has 2 heteroatoms. The first kappa shape index (κ1) is 55.1. The van der Waals surface area contributed by atoms with Crippen molar-refractivity contribution in [2.45, 2.75) is 55.4 Å². The first-order chi connectivity index (χ1) is 40.3. The number of rotatable bonds is 14. The topological polar surface area (TPSA) is 0 Å². The Kier molecular flexibility index (Phi) is 16.0. The van der Waals surface area contributed by atoms with E-state index in [1.807, 2.05) is 0 Å². The van der Waals surface area contributed by atoms with Gasteiger partial charge in [0.1, 0.15) is 0 Å². The maximum Gasteiger partial charge on any atom is 0.00406 e. The molecule has 0 N–H and O–H groups in total. The molecule has 0 nitrogen and oxygen atoms in total. The van der Waals surface area contributed by atoms with Crippen LogP contribution in [0, 0.1) is 55.4 Å². The van der Waals surface area contributed by atoms with Gasteiger partial charge in [0.25, 0.3) is 0 Å². The van der Waals surface area contributed by atoms with E-state index in [0.29, 0.717) is 0 Å². The van der Waals surface area contributed by atoms with Crippen LogP contribution in [0.3, 0.4) is 0 Å². The van der Waals surface area contributed by atoms with Crippen LogP contribution in [0.1, 0.15) is 44.5 Å². The Hall–Kier alpha value is -8.50. The highest BCUT2D eigenvalue weighted by Crippen LogP contribution is 2.52. The molecule has 0 aliphatic rings. The first-order valence-corrected chi connectivity index (χ1v) is 32.1. The molecule has 0 heterocycles. The second-order valence-corrected chi connectivity index (χ2v) is 27.9. The van der Waals surface area contributed by atoms with Gasteiger partial charge in [0.05, 0.1) is 0 Å². The summed E-state index contributed by atoms with van der Waals surface area (Å²) >= 11 is 0. The lowest BCUT2D eigenvalue weighted by atomic mass is 9.98. The Morgan fingerprint density at radius 2 is 0.277 bits per heavy atom. The summed E-state index contributed by atoms with van der Waals surface area (Å²) in [6.07, 6.45) is 0. The molecule has 0 radical (unpaired) electrons. The van der Waals surface area contributed by atoms with Crippen molar-refractivity contribution in [2.75, 3.05) is 5.90 Å². The summed E-state index contributed by atoms with van der Waals surface area (Å²) < 4.78 is 0. The van der Waals surface area contributed by atoms with Crippen LogP contribution in [0.5, 0.6) is 0 Å². The molecule has 12 rings (SSSR count). The van der Waals surface area contributed by atoms with Crippen LogP contribution in [-0.4, -0.2) is 5.90 Å². The SMILES string of the molecule is Cc1ccc(-c2cc(-c3ccc(C)cc3)cc(P(CP(c3cc(-c4ccc(C)cc4)cc(-c4ccc(C)cc4)c3)c3cc(-c4ccc(C)cc4)cc(-c4ccc(C)cc4)c3)c3cc(-c4ccc(C)cc4)cc(-c4ccc(C)cc4)c3)c2)cc1. The zero-order chi connectivity index (χ0) is 57.1. The fourth-order valence-corrected chi connectivity index (χ4v) is 17.8. The summed E-state index contributed by atoms with van der Waals surface area (Å²) in [6.45, 7) is 17.5. The van der Waals surface area contributed by atoms with Crippen molar-refractivity contribution in [2.24, 2.45) is 0 Å². The van der Waals surface area contributed by atoms with E-state index in [4.69, 9.17) is 0 Å². The Labute approximate surface area is 495 Å². The molecule has 0 amide bonds. The Morgan fingerprint density at radius 1 is 0.157 bits per heavy atom. The number of hydrogen-bond acceptors (Lipinski definition) is 0. The van der Waals surface area contributed by atoms with Gasteiger partial charge in [0.2, 0.25) is 0 Å². The van der Waals surface area contributed by atoms with Crippen LogP contribution in [0.15, 0.2) is 267 Å². The summed E-state index contributed by atoms with van der Waals surface area (Å²) in [6, 6.07) is 103. The van der Waals surface area contributed by atoms with Crippen LogP contribution in [0.2, 0.25) is 0 Å². The van der Waals surface area contributed by atoms with E-state index in [1.54, 1.807) is 0 Å². The lowest BCUT2D eigenvalue weighted by Gasteiger charge is -2.29. The summed E-state index contributed by atoms with van der Waals surface area (Å²) in [4.78, 5) is 0. The molecule has 0 aromatic heterocycles. The number of aryl methyl sites for hydroxylation is 8. The summed E-state index contributed by atoms with van der Waals surface area (Å²) in [5.74, 6) is 0.898. The lowest BCUT2D eigenvalue weighted by Crippen LogP contribution is -2.21. The summed E-state index contributed by atoms with van der Waals surface area (Å²) in [5, 5.41) is 5.44. The van der Waals surface area contributed by atoms with Crippen molar-refractivity contribution in [3.63, 3.8) is 0 Å². The van der Waals surface area contributed by atoms with Gasteiger partial charge in [0.15, 0.2) is 0 Å². The number of hydrogen-bond donors (Lipinski definition) is 0. The molecule has 83 heavy (non-hydrogen) atoms. The van der Waals surface area contributed by atoms with E-state index < -0.39 is 15.8 Å². The third-order valence-electron chi connectivity index (χ3n) is 16.3. The highest BCUT2D eigenvalue weighted by molar-refractivity contribution is 7.88. The van der Waals surface area contributed by atoms with E-state index >= 15 is 0 Å². The predicted octanol–water partition coefficient (Wildman–Crippen LogP) is 21.0. The van der Waals surface area contributed by atoms with Crippen molar-refractivity contribution < 1.29 is 0 Å². The van der Waals surface area contributed by atoms with E-state index in [1.165, 1.54) is 155 Å². The second kappa shape index (κ2) is 24.1. The van der Waals surface area contributed by atoms with Crippen molar-refractivity contribution in [1.29, 1.82) is 0 Å². The van der Waals surface area contributed by atoms with Crippen LogP contribution in [0.25, 0.3) is 89.0 Å². The quantitative estimate of drug-likeness (QED) is 0.0952. The molecule has 0 aliphatic carbocycles. The molecular weight excluding hydrogens is 1030 g/mol. The van der Waals surface area contributed by atoms with Crippen molar-refractivity contribution >= 4 is 37.1 Å². The Bertz CT molecular complexity index is 3420. The standard InChI is InChI=1S/C81H70P2/c1-54-9-25-62(26-10-54)70-41-71(63-27-11-55(2)12-28-63)46-78(45-70)82(79-47-72(64-29-13-56(3)14-30-64)42-73(48-79)65-31-15-57(4)16-32-65)53-83(80-49-74(66-33-17-58(5)18-34-66)43-75(50-80)67-35-19-59(6)20-36-67)81-51-76(68-37-21-60(7)22-38-68)44-77(52-81)69-39-23-61(8)24-40-69/h9-52H,53H2,1-8H3. The fourth-order valence-electron chi connectivity index (χ4n) is 11.1. The van der Waals surface area contributed by atoms with Gasteiger partial charge in [-0.2, -0.15) is 0 Å². The predicted molar refractivity (Wildman–Crippen MR) is 364 cm³/mol. The minimum atomic E-state index is -1.13. The normalized spacial score (nSPS) is 11.4. The maximum absolute atomic E-state index is 2.55. The average molecular weight is 1110 g/mol. The Morgan fingerprint density at radius 3 is 0.398 bits per heavy atom. The van der Waals surface area contributed by atoms with E-state index in [2.05, 4.69) is 322 Å². The Balaban J connectivity index is 1.18. The largest absolute Gasteiger partial charge is 0.0587 e. The maximum atomic E-state index is 2.55. The monoisotopic (exact) mass is 1100 g/mol. The summed E-state index contributed by atoms with van der Waals surface area (Å²) in [7, 11) is -2.27. The molecule has 404 valence electrons. The molecule has 0 saturated carbocycles. The number of benzene rings is 12. The van der Waals surface area contributed by atoms with Crippen LogP contribution >= 0.6 is 15.8 Å². The highest BCUT2D eigenvalue weighted by atomic mass is 31.2. The van der Waals surface area contributed by atoms with Gasteiger partial charge in [-0.15, -0.1) is 0 Å². The van der Waals surface area contributed by atoms with Gasteiger partial charge < -0.3 is 0 Å². The zero-order valence-electron chi connectivity index (χ0n) is 49.0. The minimum absolute atomic E-state index is 0.898. The average Bonchev–Trinajstić information content (AvgIpc) is 3.65. The summed E-state index contributed by atoms with van der Waals surface area (Å²) in [5.41, 5.74) is 29.6. The molecule has 12 aromatic carbocycles. The smallest absolute Gasteiger partial charge is 0.00406 e. The van der Waals surface area contributed by atoms with E-state index in [9.17, 15) is 0 Å². The van der Waals surface area contributed by atoms with Crippen molar-refractivity contribution in [3.8, 4) is 89.0 Å². The second-order valence-electron chi connectivity index (χ2n) is 23.0. The molecule has 0 aliphatic heterocycles. The van der Waals surface area contributed by atoms with Gasteiger partial charge in [-0.3, -0.25) is 0 Å². The van der Waals surface area contributed by atoms with Crippen LogP contribution in [0.4, 0.5) is 0 Å². The van der Waals surface area contributed by atoms with E-state index in [0.717, 1.165) is 5.90 Å². The first-order valence-electron chi connectivity index (χ1n) is 29.0. The van der Waals surface area contributed by atoms with Gasteiger partial charge in [-0.25, -0.2) is 0 Å². The fraction of sp³-hybridized carbons (Fsp3) is 0.111. The van der Waals surface area contributed by atoms with Crippen LogP contribution in [-0.2, 0) is 0 Å². The molecule has 0 atom stereocenters. The molecule has 12 aromatic rings. The zero-order valence-corrected chi connectivity index (χ0v) is 50.8. The van der Waals surface area contributed by atoms with Crippen molar-refractivity contribution in [3.05, 3.63) is 311 Å². The molecule has 0 unspecified atom stereocenters. The highest BCUT2D eigenvalue weighted by Gasteiger charge is 2.27.